The minimum atomic E-state index is -0.784. The van der Waals surface area contributed by atoms with Gasteiger partial charge in [0.25, 0.3) is 0 Å². The molecule has 1 saturated carbocycles. The number of nitrogens with zero attached hydrogens (tertiary/aromatic N) is 3. The van der Waals surface area contributed by atoms with Gasteiger partial charge in [0.1, 0.15) is 6.04 Å². The fraction of sp³-hybridized carbons (Fsp3) is 0.750. The second-order valence-corrected chi connectivity index (χ2v) is 5.29. The van der Waals surface area contributed by atoms with Crippen LogP contribution in [0.3, 0.4) is 0 Å². The molecule has 7 heteroatoms. The molecule has 106 valence electrons. The van der Waals surface area contributed by atoms with Crippen molar-refractivity contribution in [3.05, 3.63) is 11.9 Å². The number of aromatic nitrogens is 3. The maximum Gasteiger partial charge on any atom is 0.320 e. The van der Waals surface area contributed by atoms with Crippen LogP contribution in [0.4, 0.5) is 0 Å². The molecule has 1 aliphatic heterocycles. The van der Waals surface area contributed by atoms with E-state index in [1.54, 1.807) is 0 Å². The van der Waals surface area contributed by atoms with Crippen LogP contribution < -0.4 is 5.32 Å². The number of hydrogen-bond acceptors (Lipinski definition) is 4. The first-order valence-corrected chi connectivity index (χ1v) is 6.62. The normalized spacial score (nSPS) is 27.4. The molecule has 6 nitrogen and oxygen atoms in total. The van der Waals surface area contributed by atoms with Crippen LogP contribution in [0, 0.1) is 0 Å². The largest absolute Gasteiger partial charge is 0.480 e. The Bertz CT molecular complexity index is 445. The van der Waals surface area contributed by atoms with E-state index in [1.165, 1.54) is 25.7 Å². The van der Waals surface area contributed by atoms with E-state index < -0.39 is 12.0 Å². The van der Waals surface area contributed by atoms with E-state index in [0.717, 1.165) is 5.69 Å². The average molecular weight is 287 g/mol. The molecular formula is C12H19ClN4O2. The highest BCUT2D eigenvalue weighted by molar-refractivity contribution is 5.85. The Morgan fingerprint density at radius 2 is 2.16 bits per heavy atom. The van der Waals surface area contributed by atoms with Crippen molar-refractivity contribution in [2.75, 3.05) is 6.54 Å². The van der Waals surface area contributed by atoms with Gasteiger partial charge in [0.15, 0.2) is 0 Å². The van der Waals surface area contributed by atoms with Gasteiger partial charge in [0, 0.05) is 18.7 Å². The van der Waals surface area contributed by atoms with Crippen LogP contribution in [0.25, 0.3) is 0 Å². The van der Waals surface area contributed by atoms with Crippen LogP contribution in [0.5, 0.6) is 0 Å². The summed E-state index contributed by atoms with van der Waals surface area (Å²) in [5, 5.41) is 20.4. The highest BCUT2D eigenvalue weighted by Gasteiger charge is 2.31. The molecule has 2 atom stereocenters. The number of carbonyl (C=O) groups is 1. The Morgan fingerprint density at radius 1 is 1.42 bits per heavy atom. The SMILES string of the molecule is Cl.O=C(O)[C@@H]1C[C@H](n2cc(C3CCCC3)nn2)CN1. The van der Waals surface area contributed by atoms with Crippen molar-refractivity contribution in [1.82, 2.24) is 20.3 Å². The summed E-state index contributed by atoms with van der Waals surface area (Å²) in [5.74, 6) is -0.225. The van der Waals surface area contributed by atoms with E-state index in [-0.39, 0.29) is 18.4 Å². The number of carboxylic acids is 1. The molecule has 0 spiro atoms. The first-order chi connectivity index (χ1) is 8.74. The third kappa shape index (κ3) is 2.90. The molecule has 0 unspecified atom stereocenters. The highest BCUT2D eigenvalue weighted by Crippen LogP contribution is 2.33. The molecule has 2 fully saturated rings. The fourth-order valence-corrected chi connectivity index (χ4v) is 2.98. The minimum absolute atomic E-state index is 0. The van der Waals surface area contributed by atoms with E-state index in [4.69, 9.17) is 5.11 Å². The van der Waals surface area contributed by atoms with Crippen LogP contribution in [0.2, 0.25) is 0 Å². The standard InChI is InChI=1S/C12H18N4O2.ClH/c17-12(18)10-5-9(6-13-10)16-7-11(14-15-16)8-3-1-2-4-8;/h7-10,13H,1-6H2,(H,17,18);1H/t9-,10-;/m0./s1. The van der Waals surface area contributed by atoms with Gasteiger partial charge in [-0.3, -0.25) is 4.79 Å². The van der Waals surface area contributed by atoms with Gasteiger partial charge in [0.2, 0.25) is 0 Å². The molecule has 3 rings (SSSR count). The van der Waals surface area contributed by atoms with Gasteiger partial charge < -0.3 is 10.4 Å². The van der Waals surface area contributed by atoms with Gasteiger partial charge in [-0.25, -0.2) is 4.68 Å². The Kier molecular flexibility index (Phi) is 4.42. The Hall–Kier alpha value is -1.14. The summed E-state index contributed by atoms with van der Waals surface area (Å²) < 4.78 is 1.84. The topological polar surface area (TPSA) is 80.0 Å². The molecule has 2 aliphatic rings. The van der Waals surface area contributed by atoms with Gasteiger partial charge in [-0.2, -0.15) is 0 Å². The molecule has 0 aromatic carbocycles. The van der Waals surface area contributed by atoms with Crippen LogP contribution in [-0.2, 0) is 4.79 Å². The third-order valence-corrected chi connectivity index (χ3v) is 4.08. The summed E-state index contributed by atoms with van der Waals surface area (Å²) in [4.78, 5) is 10.9. The van der Waals surface area contributed by atoms with Crippen LogP contribution in [0.1, 0.15) is 49.8 Å². The summed E-state index contributed by atoms with van der Waals surface area (Å²) in [5.41, 5.74) is 1.08. The van der Waals surface area contributed by atoms with E-state index in [1.807, 2.05) is 10.9 Å². The molecule has 1 saturated heterocycles. The molecule has 1 aromatic heterocycles. The summed E-state index contributed by atoms with van der Waals surface area (Å²) in [6, 6.07) is -0.331. The molecule has 0 bridgehead atoms. The maximum absolute atomic E-state index is 10.9. The summed E-state index contributed by atoms with van der Waals surface area (Å²) in [6.45, 7) is 0.657. The molecular weight excluding hydrogens is 268 g/mol. The molecule has 1 aliphatic carbocycles. The van der Waals surface area contributed by atoms with Crippen LogP contribution in [0.15, 0.2) is 6.20 Å². The van der Waals surface area contributed by atoms with Crippen molar-refractivity contribution in [3.8, 4) is 0 Å². The van der Waals surface area contributed by atoms with E-state index in [9.17, 15) is 4.79 Å². The molecule has 0 amide bonds. The van der Waals surface area contributed by atoms with Gasteiger partial charge in [-0.05, 0) is 19.3 Å². The predicted octanol–water partition coefficient (Wildman–Crippen LogP) is 1.35. The zero-order chi connectivity index (χ0) is 12.5. The molecule has 1 aromatic rings. The Labute approximate surface area is 118 Å². The second kappa shape index (κ2) is 5.88. The molecule has 2 heterocycles. The summed E-state index contributed by atoms with van der Waals surface area (Å²) >= 11 is 0. The van der Waals surface area contributed by atoms with Crippen molar-refractivity contribution in [3.63, 3.8) is 0 Å². The lowest BCUT2D eigenvalue weighted by atomic mass is 10.1. The second-order valence-electron chi connectivity index (χ2n) is 5.29. The highest BCUT2D eigenvalue weighted by atomic mass is 35.5. The van der Waals surface area contributed by atoms with Gasteiger partial charge in [-0.15, -0.1) is 17.5 Å². The van der Waals surface area contributed by atoms with Crippen molar-refractivity contribution in [1.29, 1.82) is 0 Å². The molecule has 2 N–H and O–H groups in total. The monoisotopic (exact) mass is 286 g/mol. The first-order valence-electron chi connectivity index (χ1n) is 6.62. The Morgan fingerprint density at radius 3 is 2.79 bits per heavy atom. The smallest absolute Gasteiger partial charge is 0.320 e. The van der Waals surface area contributed by atoms with Crippen molar-refractivity contribution in [2.45, 2.75) is 50.1 Å². The predicted molar refractivity (Wildman–Crippen MR) is 71.6 cm³/mol. The number of nitrogens with one attached hydrogen (secondary N) is 1. The van der Waals surface area contributed by atoms with E-state index in [2.05, 4.69) is 15.6 Å². The number of hydrogen-bond donors (Lipinski definition) is 2. The van der Waals surface area contributed by atoms with Crippen molar-refractivity contribution < 1.29 is 9.90 Å². The molecule has 19 heavy (non-hydrogen) atoms. The van der Waals surface area contributed by atoms with Gasteiger partial charge in [0.05, 0.1) is 11.7 Å². The fourth-order valence-electron chi connectivity index (χ4n) is 2.98. The summed E-state index contributed by atoms with van der Waals surface area (Å²) in [6.07, 6.45) is 7.57. The van der Waals surface area contributed by atoms with Crippen LogP contribution >= 0.6 is 12.4 Å². The number of aliphatic carboxylic acids is 1. The number of carboxylic acid groups (broad SMARTS) is 1. The lowest BCUT2D eigenvalue weighted by Gasteiger charge is -2.07. The molecule has 0 radical (unpaired) electrons. The number of rotatable bonds is 3. The summed E-state index contributed by atoms with van der Waals surface area (Å²) in [7, 11) is 0. The average Bonchev–Trinajstić information content (AvgIpc) is 3.10. The van der Waals surface area contributed by atoms with Gasteiger partial charge in [-0.1, -0.05) is 18.1 Å². The first kappa shape index (κ1) is 14.3. The lowest BCUT2D eigenvalue weighted by molar-refractivity contribution is -0.139. The number of halogens is 1. The zero-order valence-corrected chi connectivity index (χ0v) is 11.5. The Balaban J connectivity index is 0.00000133. The van der Waals surface area contributed by atoms with Crippen molar-refractivity contribution in [2.24, 2.45) is 0 Å². The van der Waals surface area contributed by atoms with E-state index >= 15 is 0 Å². The maximum atomic E-state index is 10.9. The van der Waals surface area contributed by atoms with Crippen LogP contribution in [-0.4, -0.2) is 38.7 Å². The van der Waals surface area contributed by atoms with Gasteiger partial charge >= 0.3 is 5.97 Å². The lowest BCUT2D eigenvalue weighted by Crippen LogP contribution is -2.29. The third-order valence-electron chi connectivity index (χ3n) is 4.08. The van der Waals surface area contributed by atoms with E-state index in [0.29, 0.717) is 18.9 Å². The quantitative estimate of drug-likeness (QED) is 0.877. The zero-order valence-electron chi connectivity index (χ0n) is 10.7. The van der Waals surface area contributed by atoms with Crippen molar-refractivity contribution >= 4 is 18.4 Å². The minimum Gasteiger partial charge on any atom is -0.480 e.